The monoisotopic (exact) mass is 333 g/mol. The molecule has 1 N–H and O–H groups in total. The molecule has 1 heterocycles. The highest BCUT2D eigenvalue weighted by atomic mass is 35.5. The number of nitrogens with zero attached hydrogens (tertiary/aromatic N) is 3. The fourth-order valence-corrected chi connectivity index (χ4v) is 5.31. The highest BCUT2D eigenvalue weighted by molar-refractivity contribution is 6.18. The molecule has 2 fully saturated rings. The summed E-state index contributed by atoms with van der Waals surface area (Å²) in [6, 6.07) is 0. The summed E-state index contributed by atoms with van der Waals surface area (Å²) in [4.78, 5) is 4.03. The minimum absolute atomic E-state index is 0.0594. The van der Waals surface area contributed by atoms with Crippen molar-refractivity contribution in [2.75, 3.05) is 5.88 Å². The van der Waals surface area contributed by atoms with Crippen LogP contribution in [0, 0.1) is 16.7 Å². The van der Waals surface area contributed by atoms with Gasteiger partial charge in [-0.2, -0.15) is 5.10 Å². The molecule has 0 bridgehead atoms. The molecule has 23 heavy (non-hydrogen) atoms. The van der Waals surface area contributed by atoms with E-state index in [0.29, 0.717) is 18.3 Å². The molecule has 4 rings (SSSR count). The van der Waals surface area contributed by atoms with Gasteiger partial charge in [-0.25, -0.2) is 4.98 Å². The molecule has 4 nitrogen and oxygen atoms in total. The lowest BCUT2D eigenvalue weighted by Gasteiger charge is -2.43. The second-order valence-corrected chi connectivity index (χ2v) is 8.01. The van der Waals surface area contributed by atoms with E-state index in [0.717, 1.165) is 32.1 Å². The molecule has 0 aromatic carbocycles. The van der Waals surface area contributed by atoms with Crippen LogP contribution in [-0.2, 0) is 6.54 Å². The third-order valence-electron chi connectivity index (χ3n) is 6.60. The van der Waals surface area contributed by atoms with Crippen molar-refractivity contribution in [2.24, 2.45) is 16.7 Å². The van der Waals surface area contributed by atoms with Crippen LogP contribution in [0.5, 0.6) is 0 Å². The Balaban J connectivity index is 1.69. The predicted octanol–water partition coefficient (Wildman–Crippen LogP) is 3.33. The summed E-state index contributed by atoms with van der Waals surface area (Å²) in [5.41, 5.74) is 0.225. The van der Waals surface area contributed by atoms with Crippen LogP contribution in [0.15, 0.2) is 36.5 Å². The lowest BCUT2D eigenvalue weighted by atomic mass is 9.71. The Labute approximate surface area is 142 Å². The van der Waals surface area contributed by atoms with E-state index in [1.165, 1.54) is 11.9 Å². The zero-order chi connectivity index (χ0) is 16.1. The van der Waals surface area contributed by atoms with Gasteiger partial charge in [-0.3, -0.25) is 4.68 Å². The Morgan fingerprint density at radius 1 is 1.39 bits per heavy atom. The third kappa shape index (κ3) is 2.07. The molecule has 0 unspecified atom stereocenters. The first-order valence-electron chi connectivity index (χ1n) is 8.52. The van der Waals surface area contributed by atoms with E-state index in [1.807, 2.05) is 0 Å². The minimum atomic E-state index is -0.841. The van der Waals surface area contributed by atoms with Gasteiger partial charge in [-0.15, -0.1) is 11.6 Å². The number of hydrogen-bond acceptors (Lipinski definition) is 3. The number of halogens is 1. The molecular weight excluding hydrogens is 310 g/mol. The van der Waals surface area contributed by atoms with Crippen LogP contribution in [0.2, 0.25) is 0 Å². The number of aliphatic hydroxyl groups is 1. The summed E-state index contributed by atoms with van der Waals surface area (Å²) in [7, 11) is 0. The number of aromatic nitrogens is 3. The number of rotatable bonds is 4. The Kier molecular flexibility index (Phi) is 3.47. The summed E-state index contributed by atoms with van der Waals surface area (Å²) in [6.45, 7) is 2.61. The van der Waals surface area contributed by atoms with Crippen LogP contribution < -0.4 is 0 Å². The molecule has 1 spiro atoms. The van der Waals surface area contributed by atoms with Crippen LogP contribution >= 0.6 is 11.6 Å². The van der Waals surface area contributed by atoms with Gasteiger partial charge in [0.25, 0.3) is 0 Å². The van der Waals surface area contributed by atoms with Crippen molar-refractivity contribution in [2.45, 2.75) is 51.2 Å². The standard InChI is InChI=1S/C18H24ClN3O/c1-16(10-19)7-8-17(9-15(17)14-5-3-2-4-6-14)18(16,23)11-22-13-20-12-21-22/h3,5-6,12-13,15,23H,2,4,7-11H2,1H3/t15-,16-,17+,18+/m0/s1. The molecule has 0 aliphatic heterocycles. The first-order valence-corrected chi connectivity index (χ1v) is 9.05. The molecule has 5 heteroatoms. The van der Waals surface area contributed by atoms with Gasteiger partial charge in [0.05, 0.1) is 12.1 Å². The highest BCUT2D eigenvalue weighted by Gasteiger charge is 2.75. The first-order chi connectivity index (χ1) is 11.0. The van der Waals surface area contributed by atoms with E-state index in [9.17, 15) is 5.11 Å². The van der Waals surface area contributed by atoms with Gasteiger partial charge in [0, 0.05) is 16.7 Å². The average molecular weight is 334 g/mol. The fraction of sp³-hybridized carbons (Fsp3) is 0.667. The quantitative estimate of drug-likeness (QED) is 0.860. The van der Waals surface area contributed by atoms with E-state index in [-0.39, 0.29) is 10.8 Å². The van der Waals surface area contributed by atoms with E-state index >= 15 is 0 Å². The van der Waals surface area contributed by atoms with Crippen LogP contribution in [0.1, 0.15) is 39.0 Å². The van der Waals surface area contributed by atoms with Crippen LogP contribution in [0.25, 0.3) is 0 Å². The van der Waals surface area contributed by atoms with Crippen molar-refractivity contribution in [3.05, 3.63) is 36.5 Å². The topological polar surface area (TPSA) is 50.9 Å². The second kappa shape index (κ2) is 5.18. The number of alkyl halides is 1. The van der Waals surface area contributed by atoms with Gasteiger partial charge < -0.3 is 5.11 Å². The van der Waals surface area contributed by atoms with Gasteiger partial charge in [0.1, 0.15) is 12.7 Å². The molecule has 0 radical (unpaired) electrons. The smallest absolute Gasteiger partial charge is 0.137 e. The maximum absolute atomic E-state index is 11.8. The predicted molar refractivity (Wildman–Crippen MR) is 90.0 cm³/mol. The maximum Gasteiger partial charge on any atom is 0.137 e. The molecule has 0 saturated heterocycles. The lowest BCUT2D eigenvalue weighted by molar-refractivity contribution is -0.103. The summed E-state index contributed by atoms with van der Waals surface area (Å²) < 4.78 is 1.76. The van der Waals surface area contributed by atoms with E-state index in [2.05, 4.69) is 35.2 Å². The highest BCUT2D eigenvalue weighted by Crippen LogP contribution is 2.74. The van der Waals surface area contributed by atoms with Gasteiger partial charge in [-0.05, 0) is 43.6 Å². The van der Waals surface area contributed by atoms with Crippen molar-refractivity contribution < 1.29 is 5.11 Å². The third-order valence-corrected chi connectivity index (χ3v) is 7.19. The van der Waals surface area contributed by atoms with Gasteiger partial charge in [0.15, 0.2) is 0 Å². The second-order valence-electron chi connectivity index (χ2n) is 7.74. The van der Waals surface area contributed by atoms with Gasteiger partial charge >= 0.3 is 0 Å². The maximum atomic E-state index is 11.8. The minimum Gasteiger partial charge on any atom is -0.387 e. The Bertz CT molecular complexity index is 655. The summed E-state index contributed by atoms with van der Waals surface area (Å²) >= 11 is 6.33. The van der Waals surface area contributed by atoms with Crippen molar-refractivity contribution in [3.63, 3.8) is 0 Å². The molecule has 0 amide bonds. The van der Waals surface area contributed by atoms with E-state index in [4.69, 9.17) is 11.6 Å². The van der Waals surface area contributed by atoms with E-state index < -0.39 is 5.60 Å². The zero-order valence-corrected chi connectivity index (χ0v) is 14.3. The molecule has 3 aliphatic carbocycles. The van der Waals surface area contributed by atoms with Crippen molar-refractivity contribution in [3.8, 4) is 0 Å². The Morgan fingerprint density at radius 3 is 2.91 bits per heavy atom. The number of hydrogen-bond donors (Lipinski definition) is 1. The molecule has 4 atom stereocenters. The molecule has 2 saturated carbocycles. The molecular formula is C18H24ClN3O. The fourth-order valence-electron chi connectivity index (χ4n) is 4.96. The average Bonchev–Trinajstić information content (AvgIpc) is 3.04. The molecule has 3 aliphatic rings. The van der Waals surface area contributed by atoms with Crippen LogP contribution in [0.4, 0.5) is 0 Å². The van der Waals surface area contributed by atoms with Gasteiger partial charge in [0.2, 0.25) is 0 Å². The largest absolute Gasteiger partial charge is 0.387 e. The van der Waals surface area contributed by atoms with E-state index in [1.54, 1.807) is 11.0 Å². The first kappa shape index (κ1) is 15.4. The molecule has 1 aromatic heterocycles. The number of allylic oxidation sites excluding steroid dienone is 4. The normalized spacial score (nSPS) is 42.2. The SMILES string of the molecule is C[C@@]1(CCl)CC[C@]2(C[C@H]2C2=CCCC=C2)[C@@]1(O)Cn1cncn1. The Hall–Kier alpha value is -1.13. The zero-order valence-electron chi connectivity index (χ0n) is 13.6. The summed E-state index contributed by atoms with van der Waals surface area (Å²) in [6.07, 6.45) is 15.4. The van der Waals surface area contributed by atoms with Gasteiger partial charge in [-0.1, -0.05) is 25.2 Å². The van der Waals surface area contributed by atoms with Crippen molar-refractivity contribution in [1.82, 2.24) is 14.8 Å². The molecule has 1 aromatic rings. The summed E-state index contributed by atoms with van der Waals surface area (Å²) in [5.74, 6) is 0.930. The Morgan fingerprint density at radius 2 is 2.26 bits per heavy atom. The van der Waals surface area contributed by atoms with Crippen LogP contribution in [-0.4, -0.2) is 31.4 Å². The van der Waals surface area contributed by atoms with Crippen LogP contribution in [0.3, 0.4) is 0 Å². The lowest BCUT2D eigenvalue weighted by Crippen LogP contribution is -2.53. The van der Waals surface area contributed by atoms with Crippen molar-refractivity contribution >= 4 is 11.6 Å². The summed E-state index contributed by atoms with van der Waals surface area (Å²) in [5, 5.41) is 16.1. The van der Waals surface area contributed by atoms with Crippen molar-refractivity contribution in [1.29, 1.82) is 0 Å². The molecule has 124 valence electrons.